The van der Waals surface area contributed by atoms with Crippen LogP contribution in [0.4, 0.5) is 11.4 Å². The van der Waals surface area contributed by atoms with E-state index in [-0.39, 0.29) is 18.9 Å². The number of amides is 3. The normalized spacial score (nSPS) is 14.0. The molecule has 4 aromatic carbocycles. The van der Waals surface area contributed by atoms with E-state index in [9.17, 15) is 19.2 Å². The molecule has 4 aromatic rings. The van der Waals surface area contributed by atoms with Gasteiger partial charge in [-0.3, -0.25) is 24.1 Å². The Morgan fingerprint density at radius 1 is 0.860 bits per heavy atom. The summed E-state index contributed by atoms with van der Waals surface area (Å²) in [4.78, 5) is 56.3. The summed E-state index contributed by atoms with van der Waals surface area (Å²) in [6.07, 6.45) is 0. The lowest BCUT2D eigenvalue weighted by molar-refractivity contribution is -0.139. The van der Waals surface area contributed by atoms with Crippen LogP contribution in [0.15, 0.2) is 91.0 Å². The first-order valence-corrected chi connectivity index (χ1v) is 14.0. The highest BCUT2D eigenvalue weighted by molar-refractivity contribution is 6.52. The summed E-state index contributed by atoms with van der Waals surface area (Å²) in [5, 5.41) is 3.84. The van der Waals surface area contributed by atoms with Gasteiger partial charge in [0.2, 0.25) is 12.7 Å². The smallest absolute Gasteiger partial charge is 0.299 e. The average molecular weight is 616 g/mol. The number of nitrogens with zero attached hydrogens (tertiary/aromatic N) is 2. The van der Waals surface area contributed by atoms with Gasteiger partial charge in [0.1, 0.15) is 12.6 Å². The molecule has 0 saturated heterocycles. The highest BCUT2D eigenvalue weighted by Crippen LogP contribution is 2.35. The quantitative estimate of drug-likeness (QED) is 0.256. The third-order valence-corrected chi connectivity index (χ3v) is 7.65. The Balaban J connectivity index is 1.38. The molecule has 0 aliphatic carbocycles. The lowest BCUT2D eigenvalue weighted by atomic mass is 10.0. The molecule has 2 aliphatic rings. The molecule has 0 fully saturated rings. The SMILES string of the molecule is O=C1C(=O)N(CC(=O)N(Cc2ccc(Cl)cc2)C(C(=O)Nc2ccc3c(c2)OCO3)c2ccc(Cl)cc2)c2ccccc21. The molecule has 11 heteroatoms. The number of carbonyl (C=O) groups is 4. The number of ether oxygens (including phenoxy) is 2. The maximum atomic E-state index is 14.2. The van der Waals surface area contributed by atoms with Gasteiger partial charge in [0, 0.05) is 28.3 Å². The summed E-state index contributed by atoms with van der Waals surface area (Å²) >= 11 is 12.3. The van der Waals surface area contributed by atoms with E-state index in [1.807, 2.05) is 0 Å². The van der Waals surface area contributed by atoms with E-state index in [0.29, 0.717) is 44.0 Å². The first-order chi connectivity index (χ1) is 20.8. The van der Waals surface area contributed by atoms with Gasteiger partial charge < -0.3 is 19.7 Å². The predicted octanol–water partition coefficient (Wildman–Crippen LogP) is 5.66. The summed E-state index contributed by atoms with van der Waals surface area (Å²) in [5.74, 6) is -1.56. The number of anilines is 2. The number of carbonyl (C=O) groups excluding carboxylic acids is 4. The van der Waals surface area contributed by atoms with Crippen molar-refractivity contribution in [1.29, 1.82) is 0 Å². The van der Waals surface area contributed by atoms with Crippen molar-refractivity contribution in [3.05, 3.63) is 118 Å². The Labute approximate surface area is 256 Å². The standard InChI is InChI=1S/C32H23Cl2N3O6/c33-21-9-5-19(6-10-21)16-37(28(38)17-36-25-4-2-1-3-24(25)30(39)32(36)41)29(20-7-11-22(34)12-8-20)31(40)35-23-13-14-26-27(15-23)43-18-42-26/h1-15,29H,16-18H2,(H,35,40). The number of halogens is 2. The maximum absolute atomic E-state index is 14.2. The number of benzene rings is 4. The van der Waals surface area contributed by atoms with Crippen LogP contribution in [0.3, 0.4) is 0 Å². The first-order valence-electron chi connectivity index (χ1n) is 13.2. The number of hydrogen-bond donors (Lipinski definition) is 1. The predicted molar refractivity (Wildman–Crippen MR) is 161 cm³/mol. The van der Waals surface area contributed by atoms with E-state index in [1.165, 1.54) is 4.90 Å². The molecule has 1 N–H and O–H groups in total. The second-order valence-electron chi connectivity index (χ2n) is 9.90. The summed E-state index contributed by atoms with van der Waals surface area (Å²) in [7, 11) is 0. The number of nitrogens with one attached hydrogen (secondary N) is 1. The van der Waals surface area contributed by atoms with Crippen LogP contribution >= 0.6 is 23.2 Å². The zero-order valence-corrected chi connectivity index (χ0v) is 24.0. The Bertz CT molecular complexity index is 1740. The minimum absolute atomic E-state index is 0.00449. The molecule has 0 spiro atoms. The Morgan fingerprint density at radius 3 is 2.28 bits per heavy atom. The molecular weight excluding hydrogens is 593 g/mol. The van der Waals surface area contributed by atoms with Crippen LogP contribution in [0.2, 0.25) is 10.0 Å². The molecule has 0 saturated carbocycles. The number of para-hydroxylation sites is 1. The van der Waals surface area contributed by atoms with E-state index < -0.39 is 36.1 Å². The molecule has 2 aliphatic heterocycles. The van der Waals surface area contributed by atoms with E-state index in [1.54, 1.807) is 91.0 Å². The molecule has 3 amide bonds. The van der Waals surface area contributed by atoms with Gasteiger partial charge in [0.05, 0.1) is 11.3 Å². The highest BCUT2D eigenvalue weighted by Gasteiger charge is 2.39. The molecule has 9 nitrogen and oxygen atoms in total. The molecular formula is C32H23Cl2N3O6. The Kier molecular flexibility index (Phi) is 7.75. The van der Waals surface area contributed by atoms with Crippen molar-refractivity contribution < 1.29 is 28.7 Å². The number of fused-ring (bicyclic) bond motifs is 2. The molecule has 43 heavy (non-hydrogen) atoms. The minimum atomic E-state index is -1.16. The monoisotopic (exact) mass is 615 g/mol. The van der Waals surface area contributed by atoms with Gasteiger partial charge in [-0.05, 0) is 59.7 Å². The minimum Gasteiger partial charge on any atom is -0.454 e. The van der Waals surface area contributed by atoms with Crippen molar-refractivity contribution in [1.82, 2.24) is 4.90 Å². The zero-order chi connectivity index (χ0) is 30.1. The number of rotatable bonds is 8. The van der Waals surface area contributed by atoms with E-state index in [4.69, 9.17) is 32.7 Å². The summed E-state index contributed by atoms with van der Waals surface area (Å²) in [6, 6.07) is 23.7. The van der Waals surface area contributed by atoms with Gasteiger partial charge in [-0.15, -0.1) is 0 Å². The van der Waals surface area contributed by atoms with Crippen LogP contribution < -0.4 is 19.7 Å². The molecule has 0 radical (unpaired) electrons. The van der Waals surface area contributed by atoms with Gasteiger partial charge in [-0.25, -0.2) is 0 Å². The van der Waals surface area contributed by atoms with E-state index in [0.717, 1.165) is 4.90 Å². The summed E-state index contributed by atoms with van der Waals surface area (Å²) in [5.41, 5.74) is 2.16. The van der Waals surface area contributed by atoms with Crippen LogP contribution in [0.5, 0.6) is 11.5 Å². The lowest BCUT2D eigenvalue weighted by Gasteiger charge is -2.33. The fourth-order valence-corrected chi connectivity index (χ4v) is 5.30. The molecule has 6 rings (SSSR count). The van der Waals surface area contributed by atoms with Crippen molar-refractivity contribution in [2.24, 2.45) is 0 Å². The van der Waals surface area contributed by atoms with Gasteiger partial charge in [0.25, 0.3) is 17.6 Å². The van der Waals surface area contributed by atoms with Gasteiger partial charge in [0.15, 0.2) is 11.5 Å². The van der Waals surface area contributed by atoms with Crippen LogP contribution in [0, 0.1) is 0 Å². The van der Waals surface area contributed by atoms with Crippen molar-refractivity contribution in [2.45, 2.75) is 12.6 Å². The lowest BCUT2D eigenvalue weighted by Crippen LogP contribution is -2.46. The molecule has 216 valence electrons. The number of ketones is 1. The maximum Gasteiger partial charge on any atom is 0.299 e. The third kappa shape index (κ3) is 5.77. The molecule has 0 aromatic heterocycles. The largest absolute Gasteiger partial charge is 0.454 e. The Morgan fingerprint density at radius 2 is 1.53 bits per heavy atom. The molecule has 1 unspecified atom stereocenters. The number of Topliss-reactive ketones (excluding diaryl/α,β-unsaturated/α-hetero) is 1. The zero-order valence-electron chi connectivity index (χ0n) is 22.5. The van der Waals surface area contributed by atoms with Gasteiger partial charge in [-0.1, -0.05) is 59.6 Å². The van der Waals surface area contributed by atoms with Crippen LogP contribution in [0.1, 0.15) is 27.5 Å². The fraction of sp³-hybridized carbons (Fsp3) is 0.125. The fourth-order valence-electron chi connectivity index (χ4n) is 5.04. The van der Waals surface area contributed by atoms with Crippen molar-refractivity contribution in [3.63, 3.8) is 0 Å². The number of hydrogen-bond acceptors (Lipinski definition) is 6. The van der Waals surface area contributed by atoms with Crippen molar-refractivity contribution >= 4 is 58.1 Å². The van der Waals surface area contributed by atoms with Crippen LogP contribution in [-0.2, 0) is 20.9 Å². The topological polar surface area (TPSA) is 105 Å². The van der Waals surface area contributed by atoms with Gasteiger partial charge in [-0.2, -0.15) is 0 Å². The summed E-state index contributed by atoms with van der Waals surface area (Å²) < 4.78 is 10.8. The first kappa shape index (κ1) is 28.3. The van der Waals surface area contributed by atoms with Crippen LogP contribution in [0.25, 0.3) is 0 Å². The second-order valence-corrected chi connectivity index (χ2v) is 10.8. The van der Waals surface area contributed by atoms with Crippen molar-refractivity contribution in [3.8, 4) is 11.5 Å². The van der Waals surface area contributed by atoms with E-state index in [2.05, 4.69) is 5.32 Å². The average Bonchev–Trinajstić information content (AvgIpc) is 3.57. The van der Waals surface area contributed by atoms with Crippen LogP contribution in [-0.4, -0.2) is 41.7 Å². The molecule has 1 atom stereocenters. The van der Waals surface area contributed by atoms with E-state index >= 15 is 0 Å². The Hall–Kier alpha value is -4.86. The summed E-state index contributed by atoms with van der Waals surface area (Å²) in [6.45, 7) is -0.392. The molecule has 0 bridgehead atoms. The highest BCUT2D eigenvalue weighted by atomic mass is 35.5. The third-order valence-electron chi connectivity index (χ3n) is 7.14. The van der Waals surface area contributed by atoms with Gasteiger partial charge >= 0.3 is 0 Å². The molecule has 2 heterocycles. The second kappa shape index (κ2) is 11.8. The van der Waals surface area contributed by atoms with Crippen molar-refractivity contribution in [2.75, 3.05) is 23.6 Å².